The van der Waals surface area contributed by atoms with E-state index in [9.17, 15) is 45.3 Å². The first-order valence-corrected chi connectivity index (χ1v) is 14.3. The maximum Gasteiger partial charge on any atom is 0.174 e. The van der Waals surface area contributed by atoms with Gasteiger partial charge in [-0.15, -0.1) is 0 Å². The van der Waals surface area contributed by atoms with Gasteiger partial charge in [-0.05, 0) is 61.4 Å². The lowest BCUT2D eigenvalue weighted by atomic mass is 9.65. The van der Waals surface area contributed by atoms with Gasteiger partial charge in [-0.1, -0.05) is 17.7 Å². The summed E-state index contributed by atoms with van der Waals surface area (Å²) in [5.41, 5.74) is 1.50. The zero-order chi connectivity index (χ0) is 32.2. The fourth-order valence-corrected chi connectivity index (χ4v) is 6.58. The van der Waals surface area contributed by atoms with Crippen molar-refractivity contribution in [2.75, 3.05) is 0 Å². The molecule has 0 spiro atoms. The van der Waals surface area contributed by atoms with Gasteiger partial charge in [-0.3, -0.25) is 9.59 Å². The molecule has 7 N–H and O–H groups in total. The Morgan fingerprint density at radius 2 is 1.40 bits per heavy atom. The summed E-state index contributed by atoms with van der Waals surface area (Å²) in [6.07, 6.45) is 0.799. The third-order valence-corrected chi connectivity index (χ3v) is 8.58. The smallest absolute Gasteiger partial charge is 0.174 e. The summed E-state index contributed by atoms with van der Waals surface area (Å²) in [6, 6.07) is 14.7. The van der Waals surface area contributed by atoms with E-state index in [0.29, 0.717) is 12.0 Å². The van der Waals surface area contributed by atoms with Gasteiger partial charge in [-0.2, -0.15) is 0 Å². The first-order valence-electron chi connectivity index (χ1n) is 14.3. The SMILES string of the molecule is CC1=CC(c2c(O)ccc(C3CC(=O)c4c(O)cc(O)cc4O3)c2O)C(C(=O)c2ccc(O)cc2)C(c2ccc(O)cc2O)C1. The van der Waals surface area contributed by atoms with Crippen LogP contribution in [0.25, 0.3) is 0 Å². The normalized spacial score (nSPS) is 21.0. The molecule has 1 heterocycles. The Balaban J connectivity index is 1.49. The van der Waals surface area contributed by atoms with E-state index in [1.807, 2.05) is 6.92 Å². The quantitative estimate of drug-likeness (QED) is 0.104. The van der Waals surface area contributed by atoms with Crippen LogP contribution < -0.4 is 4.74 Å². The lowest BCUT2D eigenvalue weighted by molar-refractivity contribution is 0.0841. The molecule has 0 saturated heterocycles. The molecule has 10 heteroatoms. The van der Waals surface area contributed by atoms with Crippen LogP contribution in [-0.2, 0) is 0 Å². The predicted octanol–water partition coefficient (Wildman–Crippen LogP) is 6.05. The van der Waals surface area contributed by atoms with Crippen molar-refractivity contribution in [2.45, 2.75) is 37.7 Å². The zero-order valence-electron chi connectivity index (χ0n) is 24.0. The number of aromatic hydroxyl groups is 7. The van der Waals surface area contributed by atoms with Crippen molar-refractivity contribution in [1.29, 1.82) is 0 Å². The van der Waals surface area contributed by atoms with Gasteiger partial charge in [0.25, 0.3) is 0 Å². The number of benzene rings is 4. The van der Waals surface area contributed by atoms with Crippen LogP contribution in [-0.4, -0.2) is 47.3 Å². The van der Waals surface area contributed by atoms with Crippen LogP contribution >= 0.6 is 0 Å². The van der Waals surface area contributed by atoms with Crippen LogP contribution in [0.1, 0.15) is 75.1 Å². The fourth-order valence-electron chi connectivity index (χ4n) is 6.58. The molecule has 1 aliphatic heterocycles. The van der Waals surface area contributed by atoms with Gasteiger partial charge in [0, 0.05) is 52.6 Å². The minimum absolute atomic E-state index is 0.00699. The van der Waals surface area contributed by atoms with Gasteiger partial charge >= 0.3 is 0 Å². The van der Waals surface area contributed by atoms with Gasteiger partial charge in [0.2, 0.25) is 0 Å². The van der Waals surface area contributed by atoms with Crippen molar-refractivity contribution in [3.8, 4) is 46.0 Å². The summed E-state index contributed by atoms with van der Waals surface area (Å²) in [5, 5.41) is 73.8. The standard InChI is InChI=1S/C35H30O10/c1-16-10-23(21-7-6-19(37)12-26(21)40)31(34(43)17-2-4-18(36)5-3-17)24(11-16)32-25(39)9-8-22(35(32)44)29-15-28(42)33-27(41)13-20(38)14-30(33)45-29/h2-9,11-14,23-24,29,31,36-41,44H,10,15H2,1H3. The predicted molar refractivity (Wildman–Crippen MR) is 161 cm³/mol. The summed E-state index contributed by atoms with van der Waals surface area (Å²) in [6.45, 7) is 1.83. The maximum atomic E-state index is 14.3. The number of ketones is 2. The molecule has 0 bridgehead atoms. The molecule has 45 heavy (non-hydrogen) atoms. The van der Waals surface area contributed by atoms with Gasteiger partial charge in [0.1, 0.15) is 57.7 Å². The first kappa shape index (κ1) is 29.4. The van der Waals surface area contributed by atoms with E-state index in [-0.39, 0.29) is 69.0 Å². The van der Waals surface area contributed by atoms with E-state index >= 15 is 0 Å². The van der Waals surface area contributed by atoms with Crippen molar-refractivity contribution >= 4 is 11.6 Å². The monoisotopic (exact) mass is 610 g/mol. The highest BCUT2D eigenvalue weighted by atomic mass is 16.5. The number of Topliss-reactive ketones (excluding diaryl/α,β-unsaturated/α-hetero) is 2. The van der Waals surface area contributed by atoms with Gasteiger partial charge in [0.15, 0.2) is 11.6 Å². The van der Waals surface area contributed by atoms with E-state index in [1.165, 1.54) is 60.7 Å². The Bertz CT molecular complexity index is 1870. The summed E-state index contributed by atoms with van der Waals surface area (Å²) < 4.78 is 5.96. The zero-order valence-corrected chi connectivity index (χ0v) is 24.0. The van der Waals surface area contributed by atoms with Gasteiger partial charge in [0.05, 0.1) is 6.42 Å². The van der Waals surface area contributed by atoms with Crippen molar-refractivity contribution in [3.05, 3.63) is 106 Å². The van der Waals surface area contributed by atoms with Crippen LogP contribution in [0.5, 0.6) is 46.0 Å². The summed E-state index contributed by atoms with van der Waals surface area (Å²) in [7, 11) is 0. The van der Waals surface area contributed by atoms with Crippen LogP contribution in [0, 0.1) is 5.92 Å². The first-order chi connectivity index (χ1) is 21.4. The Labute approximate surface area is 257 Å². The van der Waals surface area contributed by atoms with E-state index in [0.717, 1.165) is 11.6 Å². The number of carbonyl (C=O) groups excluding carboxylic acids is 2. The average Bonchev–Trinajstić information content (AvgIpc) is 2.96. The largest absolute Gasteiger partial charge is 0.508 e. The van der Waals surface area contributed by atoms with Crippen LogP contribution in [0.15, 0.2) is 78.4 Å². The molecule has 10 nitrogen and oxygen atoms in total. The third kappa shape index (κ3) is 5.24. The molecule has 0 amide bonds. The van der Waals surface area contributed by atoms with E-state index in [4.69, 9.17) is 4.74 Å². The van der Waals surface area contributed by atoms with Crippen LogP contribution in [0.3, 0.4) is 0 Å². The third-order valence-electron chi connectivity index (χ3n) is 8.58. The lowest BCUT2D eigenvalue weighted by Crippen LogP contribution is -2.32. The number of hydrogen-bond acceptors (Lipinski definition) is 10. The average molecular weight is 611 g/mol. The minimum Gasteiger partial charge on any atom is -0.508 e. The highest BCUT2D eigenvalue weighted by molar-refractivity contribution is 6.03. The van der Waals surface area contributed by atoms with E-state index in [1.54, 1.807) is 6.08 Å². The van der Waals surface area contributed by atoms with Crippen LogP contribution in [0.4, 0.5) is 0 Å². The number of hydrogen-bond donors (Lipinski definition) is 7. The van der Waals surface area contributed by atoms with Crippen molar-refractivity contribution < 1.29 is 50.1 Å². The maximum absolute atomic E-state index is 14.3. The fraction of sp³-hybridized carbons (Fsp3) is 0.200. The highest BCUT2D eigenvalue weighted by Gasteiger charge is 2.43. The second kappa shape index (κ2) is 11.1. The number of rotatable bonds is 5. The van der Waals surface area contributed by atoms with Gasteiger partial charge < -0.3 is 40.5 Å². The number of fused-ring (bicyclic) bond motifs is 1. The molecular formula is C35H30O10. The molecule has 0 fully saturated rings. The minimum atomic E-state index is -1.05. The molecule has 6 rings (SSSR count). The molecule has 1 aliphatic carbocycles. The Hall–Kier alpha value is -5.64. The molecule has 4 unspecified atom stereocenters. The molecule has 0 aromatic heterocycles. The Morgan fingerprint density at radius 1 is 0.733 bits per heavy atom. The Morgan fingerprint density at radius 3 is 2.11 bits per heavy atom. The second-order valence-corrected chi connectivity index (χ2v) is 11.5. The van der Waals surface area contributed by atoms with E-state index in [2.05, 4.69) is 0 Å². The Kier molecular flexibility index (Phi) is 7.28. The number of ether oxygens (including phenoxy) is 1. The van der Waals surface area contributed by atoms with Crippen molar-refractivity contribution in [1.82, 2.24) is 0 Å². The number of phenols is 7. The summed E-state index contributed by atoms with van der Waals surface area (Å²) in [5.74, 6) is -5.42. The molecule has 4 atom stereocenters. The van der Waals surface area contributed by atoms with E-state index < -0.39 is 41.1 Å². The number of carbonyl (C=O) groups is 2. The summed E-state index contributed by atoms with van der Waals surface area (Å²) in [4.78, 5) is 27.3. The van der Waals surface area contributed by atoms with Crippen molar-refractivity contribution in [3.63, 3.8) is 0 Å². The molecule has 4 aromatic rings. The summed E-state index contributed by atoms with van der Waals surface area (Å²) >= 11 is 0. The molecule has 0 saturated carbocycles. The topological polar surface area (TPSA) is 185 Å². The second-order valence-electron chi connectivity index (χ2n) is 11.5. The van der Waals surface area contributed by atoms with Crippen LogP contribution in [0.2, 0.25) is 0 Å². The molecular weight excluding hydrogens is 580 g/mol. The lowest BCUT2D eigenvalue weighted by Gasteiger charge is -2.37. The van der Waals surface area contributed by atoms with Gasteiger partial charge in [-0.25, -0.2) is 0 Å². The molecule has 230 valence electrons. The number of phenolic OH excluding ortho intramolecular Hbond substituents is 7. The highest BCUT2D eigenvalue weighted by Crippen LogP contribution is 2.54. The van der Waals surface area contributed by atoms with Crippen molar-refractivity contribution in [2.24, 2.45) is 5.92 Å². The molecule has 0 radical (unpaired) electrons. The molecule has 4 aromatic carbocycles. The molecule has 2 aliphatic rings. The number of allylic oxidation sites excluding steroid dienone is 2.